The van der Waals surface area contributed by atoms with Gasteiger partial charge in [-0.2, -0.15) is 17.2 Å². The van der Waals surface area contributed by atoms with Crippen LogP contribution >= 0.6 is 0 Å². The SMILES string of the molecule is O=C(O)C1C2C=CC(C2)C1C(=O)OCC(F)C(F)(F)S(=O)(=O)O. The molecule has 0 amide bonds. The quantitative estimate of drug-likeness (QED) is 0.411. The molecule has 5 unspecified atom stereocenters. The van der Waals surface area contributed by atoms with Gasteiger partial charge in [0.05, 0.1) is 11.8 Å². The minimum absolute atomic E-state index is 0.386. The highest BCUT2D eigenvalue weighted by atomic mass is 32.2. The number of carbonyl (C=O) groups is 2. The van der Waals surface area contributed by atoms with Gasteiger partial charge in [-0.15, -0.1) is 0 Å². The molecule has 0 radical (unpaired) electrons. The largest absolute Gasteiger partial charge is 0.481 e. The Hall–Kier alpha value is -1.62. The molecule has 0 aromatic rings. The zero-order valence-electron chi connectivity index (χ0n) is 11.4. The van der Waals surface area contributed by atoms with Crippen LogP contribution < -0.4 is 0 Å². The highest BCUT2D eigenvalue weighted by Gasteiger charge is 2.55. The van der Waals surface area contributed by atoms with Gasteiger partial charge in [0.15, 0.2) is 0 Å². The third-order valence-corrected chi connectivity index (χ3v) is 5.04. The highest BCUT2D eigenvalue weighted by molar-refractivity contribution is 7.86. The summed E-state index contributed by atoms with van der Waals surface area (Å²) in [5, 5.41) is 3.99. The van der Waals surface area contributed by atoms with Crippen LogP contribution in [0.5, 0.6) is 0 Å². The molecule has 130 valence electrons. The van der Waals surface area contributed by atoms with Gasteiger partial charge >= 0.3 is 27.3 Å². The summed E-state index contributed by atoms with van der Waals surface area (Å²) in [4.78, 5) is 23.1. The smallest absolute Gasteiger partial charge is 0.403 e. The van der Waals surface area contributed by atoms with Crippen LogP contribution in [0.3, 0.4) is 0 Å². The van der Waals surface area contributed by atoms with Gasteiger partial charge in [0, 0.05) is 0 Å². The van der Waals surface area contributed by atoms with Gasteiger partial charge in [0.1, 0.15) is 6.61 Å². The topological polar surface area (TPSA) is 118 Å². The first-order valence-electron chi connectivity index (χ1n) is 6.53. The van der Waals surface area contributed by atoms with Crippen molar-refractivity contribution in [2.45, 2.75) is 17.8 Å². The molecule has 2 aliphatic carbocycles. The molecule has 0 spiro atoms. The van der Waals surface area contributed by atoms with Crippen molar-refractivity contribution in [3.8, 4) is 0 Å². The van der Waals surface area contributed by atoms with Crippen molar-refractivity contribution in [3.05, 3.63) is 12.2 Å². The number of carboxylic acids is 1. The zero-order valence-corrected chi connectivity index (χ0v) is 12.2. The normalized spacial score (nSPS) is 31.1. The summed E-state index contributed by atoms with van der Waals surface area (Å²) in [6.07, 6.45) is 0.156. The molecule has 2 rings (SSSR count). The van der Waals surface area contributed by atoms with Crippen molar-refractivity contribution < 1.29 is 45.6 Å². The Bertz CT molecular complexity index is 645. The van der Waals surface area contributed by atoms with E-state index in [2.05, 4.69) is 4.74 Å². The van der Waals surface area contributed by atoms with Gasteiger partial charge in [0.2, 0.25) is 6.17 Å². The summed E-state index contributed by atoms with van der Waals surface area (Å²) in [6.45, 7) is -1.62. The molecule has 0 saturated heterocycles. The van der Waals surface area contributed by atoms with Crippen LogP contribution in [0.1, 0.15) is 6.42 Å². The molecule has 0 aliphatic heterocycles. The number of esters is 1. The molecule has 23 heavy (non-hydrogen) atoms. The van der Waals surface area contributed by atoms with Gasteiger partial charge in [-0.25, -0.2) is 4.39 Å². The first kappa shape index (κ1) is 17.7. The maximum Gasteiger partial charge on any atom is 0.403 e. The molecule has 5 atom stereocenters. The molecular formula is C12H13F3O7S. The van der Waals surface area contributed by atoms with Gasteiger partial charge in [0.25, 0.3) is 0 Å². The Morgan fingerprint density at radius 3 is 2.26 bits per heavy atom. The van der Waals surface area contributed by atoms with Crippen molar-refractivity contribution in [3.63, 3.8) is 0 Å². The predicted molar refractivity (Wildman–Crippen MR) is 67.7 cm³/mol. The molecular weight excluding hydrogens is 345 g/mol. The number of carboxylic acid groups (broad SMARTS) is 1. The average Bonchev–Trinajstić information content (AvgIpc) is 3.03. The van der Waals surface area contributed by atoms with E-state index in [0.29, 0.717) is 6.42 Å². The lowest BCUT2D eigenvalue weighted by Gasteiger charge is -2.24. The van der Waals surface area contributed by atoms with E-state index in [1.54, 1.807) is 12.2 Å². The van der Waals surface area contributed by atoms with Gasteiger partial charge in [-0.3, -0.25) is 14.1 Å². The Morgan fingerprint density at radius 1 is 1.26 bits per heavy atom. The molecule has 2 aliphatic rings. The fourth-order valence-electron chi connectivity index (χ4n) is 2.99. The summed E-state index contributed by atoms with van der Waals surface area (Å²) in [7, 11) is -6.01. The number of allylic oxidation sites excluding steroid dienone is 2. The number of hydrogen-bond donors (Lipinski definition) is 2. The predicted octanol–water partition coefficient (Wildman–Crippen LogP) is 0.871. The highest BCUT2D eigenvalue weighted by Crippen LogP contribution is 2.48. The van der Waals surface area contributed by atoms with Gasteiger partial charge in [-0.05, 0) is 18.3 Å². The molecule has 0 aromatic carbocycles. The van der Waals surface area contributed by atoms with E-state index in [-0.39, 0.29) is 0 Å². The molecule has 2 bridgehead atoms. The van der Waals surface area contributed by atoms with Crippen molar-refractivity contribution in [1.82, 2.24) is 0 Å². The number of alkyl halides is 3. The number of fused-ring (bicyclic) bond motifs is 2. The van der Waals surface area contributed by atoms with Crippen molar-refractivity contribution in [2.75, 3.05) is 6.61 Å². The molecule has 7 nitrogen and oxygen atoms in total. The van der Waals surface area contributed by atoms with Crippen molar-refractivity contribution >= 4 is 22.1 Å². The molecule has 1 saturated carbocycles. The molecule has 1 fully saturated rings. The fraction of sp³-hybridized carbons (Fsp3) is 0.667. The second-order valence-electron chi connectivity index (χ2n) is 5.47. The van der Waals surface area contributed by atoms with E-state index >= 15 is 0 Å². The van der Waals surface area contributed by atoms with Gasteiger partial charge in [-0.1, -0.05) is 12.2 Å². The third kappa shape index (κ3) is 3.07. The zero-order chi connectivity index (χ0) is 17.6. The van der Waals surface area contributed by atoms with Crippen LogP contribution in [0.4, 0.5) is 13.2 Å². The average molecular weight is 358 g/mol. The summed E-state index contributed by atoms with van der Waals surface area (Å²) in [5.74, 6) is -5.54. The van der Waals surface area contributed by atoms with Gasteiger partial charge < -0.3 is 9.84 Å². The van der Waals surface area contributed by atoms with Crippen LogP contribution in [-0.4, -0.2) is 48.0 Å². The first-order valence-corrected chi connectivity index (χ1v) is 7.97. The Labute approximate surface area is 128 Å². The molecule has 0 heterocycles. The van der Waals surface area contributed by atoms with Crippen molar-refractivity contribution in [1.29, 1.82) is 0 Å². The van der Waals surface area contributed by atoms with Crippen LogP contribution in [-0.2, 0) is 24.4 Å². The number of ether oxygens (including phenoxy) is 1. The van der Waals surface area contributed by atoms with E-state index in [1.165, 1.54) is 0 Å². The second kappa shape index (κ2) is 5.78. The van der Waals surface area contributed by atoms with Crippen LogP contribution in [0, 0.1) is 23.7 Å². The number of halogens is 3. The number of rotatable bonds is 6. The number of aliphatic carboxylic acids is 1. The molecule has 0 aromatic heterocycles. The van der Waals surface area contributed by atoms with E-state index in [4.69, 9.17) is 9.66 Å². The minimum atomic E-state index is -6.01. The van der Waals surface area contributed by atoms with Crippen LogP contribution in [0.15, 0.2) is 12.2 Å². The molecule has 11 heteroatoms. The Morgan fingerprint density at radius 2 is 1.78 bits per heavy atom. The first-order chi connectivity index (χ1) is 10.5. The van der Waals surface area contributed by atoms with Crippen molar-refractivity contribution in [2.24, 2.45) is 23.7 Å². The summed E-state index contributed by atoms with van der Waals surface area (Å²) < 4.78 is 72.6. The summed E-state index contributed by atoms with van der Waals surface area (Å²) in [5.41, 5.74) is 0. The lowest BCUT2D eigenvalue weighted by Crippen LogP contribution is -2.42. The Balaban J connectivity index is 2.03. The lowest BCUT2D eigenvalue weighted by atomic mass is 9.83. The molecule has 2 N–H and O–H groups in total. The fourth-order valence-corrected chi connectivity index (χ4v) is 3.38. The van der Waals surface area contributed by atoms with E-state index in [9.17, 15) is 31.2 Å². The standard InChI is InChI=1S/C12H13F3O7S/c13-7(12(14,15)23(19,20)21)4-22-11(18)9-6-2-1-5(3-6)8(9)10(16)17/h1-2,5-9H,3-4H2,(H,16,17)(H,19,20,21). The van der Waals surface area contributed by atoms with Crippen LogP contribution in [0.2, 0.25) is 0 Å². The third-order valence-electron chi connectivity index (χ3n) is 4.10. The Kier molecular flexibility index (Phi) is 4.46. The van der Waals surface area contributed by atoms with Crippen LogP contribution in [0.25, 0.3) is 0 Å². The second-order valence-corrected chi connectivity index (χ2v) is 6.97. The summed E-state index contributed by atoms with van der Waals surface area (Å²) in [6, 6.07) is 0. The maximum atomic E-state index is 13.3. The minimum Gasteiger partial charge on any atom is -0.481 e. The number of carbonyl (C=O) groups excluding carboxylic acids is 1. The summed E-state index contributed by atoms with van der Waals surface area (Å²) >= 11 is 0. The van der Waals surface area contributed by atoms with E-state index in [1.807, 2.05) is 0 Å². The number of hydrogen-bond acceptors (Lipinski definition) is 5. The monoisotopic (exact) mass is 358 g/mol. The van der Waals surface area contributed by atoms with E-state index in [0.717, 1.165) is 0 Å². The van der Waals surface area contributed by atoms with E-state index < -0.39 is 63.8 Å². The lowest BCUT2D eigenvalue weighted by molar-refractivity contribution is -0.161. The maximum absolute atomic E-state index is 13.3.